The molecule has 9 nitrogen and oxygen atoms in total. The van der Waals surface area contributed by atoms with Crippen LogP contribution in [-0.2, 0) is 11.3 Å². The first-order valence-corrected chi connectivity index (χ1v) is 11.9. The molecule has 36 heavy (non-hydrogen) atoms. The highest BCUT2D eigenvalue weighted by Crippen LogP contribution is 2.31. The summed E-state index contributed by atoms with van der Waals surface area (Å²) in [6.45, 7) is 2.03. The minimum absolute atomic E-state index is 0.0378. The van der Waals surface area contributed by atoms with Gasteiger partial charge in [0.05, 0.1) is 25.1 Å². The number of carbonyl (C=O) groups is 1. The summed E-state index contributed by atoms with van der Waals surface area (Å²) < 4.78 is 12.7. The third-order valence-electron chi connectivity index (χ3n) is 6.41. The number of ether oxygens (including phenoxy) is 2. The predicted octanol–water partition coefficient (Wildman–Crippen LogP) is 3.70. The number of nitrogens with one attached hydrogen (secondary N) is 1. The van der Waals surface area contributed by atoms with Crippen LogP contribution < -0.4 is 10.1 Å². The van der Waals surface area contributed by atoms with Crippen LogP contribution in [0.2, 0.25) is 0 Å². The molecule has 9 heteroatoms. The molecule has 0 atom stereocenters. The van der Waals surface area contributed by atoms with Crippen LogP contribution in [0.25, 0.3) is 21.9 Å². The molecule has 0 radical (unpaired) electrons. The molecule has 1 aliphatic heterocycles. The topological polar surface area (TPSA) is 102 Å². The number of hydrogen-bond acceptors (Lipinski definition) is 7. The van der Waals surface area contributed by atoms with Crippen LogP contribution in [-0.4, -0.2) is 70.7 Å². The lowest BCUT2D eigenvalue weighted by atomic mass is 10.0. The Kier molecular flexibility index (Phi) is 6.84. The molecule has 1 saturated heterocycles. The highest BCUT2D eigenvalue weighted by Gasteiger charge is 2.31. The van der Waals surface area contributed by atoms with Gasteiger partial charge in [-0.05, 0) is 47.7 Å². The first-order valence-electron chi connectivity index (χ1n) is 11.9. The number of nitrogens with zero attached hydrogens (tertiary/aromatic N) is 4. The zero-order chi connectivity index (χ0) is 25.1. The summed E-state index contributed by atoms with van der Waals surface area (Å²) in [6.07, 6.45) is 6.43. The first kappa shape index (κ1) is 23.8. The number of aliphatic hydroxyl groups excluding tert-OH is 1. The number of carbonyl (C=O) groups excluding carboxylic acids is 1. The largest absolute Gasteiger partial charge is 0.495 e. The number of pyridine rings is 1. The van der Waals surface area contributed by atoms with E-state index in [-0.39, 0.29) is 18.6 Å². The average Bonchev–Trinajstić information content (AvgIpc) is 3.35. The number of likely N-dealkylation sites (tertiary alicyclic amines) is 1. The van der Waals surface area contributed by atoms with Crippen molar-refractivity contribution >= 4 is 28.2 Å². The fourth-order valence-electron chi connectivity index (χ4n) is 4.26. The second kappa shape index (κ2) is 10.3. The van der Waals surface area contributed by atoms with E-state index in [4.69, 9.17) is 14.6 Å². The minimum Gasteiger partial charge on any atom is -0.495 e. The summed E-state index contributed by atoms with van der Waals surface area (Å²) in [5.74, 6) is 1.20. The Balaban J connectivity index is 1.35. The van der Waals surface area contributed by atoms with Crippen LogP contribution >= 0.6 is 0 Å². The number of fused-ring (bicyclic) bond motifs is 1. The highest BCUT2D eigenvalue weighted by molar-refractivity contribution is 5.96. The Hall–Kier alpha value is -3.95. The number of aromatic nitrogens is 3. The van der Waals surface area contributed by atoms with Crippen molar-refractivity contribution in [3.63, 3.8) is 0 Å². The molecule has 3 heterocycles. The lowest BCUT2D eigenvalue weighted by molar-refractivity contribution is -0.0192. The number of anilines is 2. The second-order valence-corrected chi connectivity index (χ2v) is 8.81. The van der Waals surface area contributed by atoms with E-state index in [1.165, 1.54) is 0 Å². The Labute approximate surface area is 209 Å². The summed E-state index contributed by atoms with van der Waals surface area (Å²) in [4.78, 5) is 19.0. The number of methoxy groups -OCH3 is 2. The third kappa shape index (κ3) is 4.89. The Morgan fingerprint density at radius 1 is 1.08 bits per heavy atom. The van der Waals surface area contributed by atoms with Gasteiger partial charge in [-0.25, -0.2) is 4.98 Å². The van der Waals surface area contributed by atoms with Crippen LogP contribution in [0.3, 0.4) is 0 Å². The molecular formula is C27H29N5O4. The number of benzene rings is 2. The van der Waals surface area contributed by atoms with E-state index in [0.29, 0.717) is 43.2 Å². The van der Waals surface area contributed by atoms with E-state index in [1.807, 2.05) is 41.5 Å². The van der Waals surface area contributed by atoms with E-state index in [1.54, 1.807) is 31.3 Å². The summed E-state index contributed by atoms with van der Waals surface area (Å²) in [5, 5.41) is 18.8. The molecule has 2 aromatic carbocycles. The Morgan fingerprint density at radius 3 is 2.72 bits per heavy atom. The molecule has 1 amide bonds. The maximum atomic E-state index is 12.7. The predicted molar refractivity (Wildman–Crippen MR) is 138 cm³/mol. The van der Waals surface area contributed by atoms with Gasteiger partial charge in [0.1, 0.15) is 11.6 Å². The molecule has 0 saturated carbocycles. The van der Waals surface area contributed by atoms with Gasteiger partial charge in [-0.2, -0.15) is 5.10 Å². The van der Waals surface area contributed by atoms with Gasteiger partial charge in [-0.3, -0.25) is 9.48 Å². The summed E-state index contributed by atoms with van der Waals surface area (Å²) in [5.41, 5.74) is 3.36. The summed E-state index contributed by atoms with van der Waals surface area (Å²) >= 11 is 0. The lowest BCUT2D eigenvalue weighted by Crippen LogP contribution is -2.54. The van der Waals surface area contributed by atoms with Crippen molar-refractivity contribution in [3.8, 4) is 16.9 Å². The lowest BCUT2D eigenvalue weighted by Gasteiger charge is -2.38. The number of hydrogen-bond donors (Lipinski definition) is 2. The Bertz CT molecular complexity index is 1380. The zero-order valence-corrected chi connectivity index (χ0v) is 20.3. The SMILES string of the molecule is COc1cc(C(=O)N2CC(OC)C2)ccc1Nc1cc2cc(-c3cnn(CCCO)c3)ccc2cn1. The molecule has 1 aliphatic rings. The molecule has 0 aliphatic carbocycles. The number of aliphatic hydroxyl groups is 1. The van der Waals surface area contributed by atoms with Crippen LogP contribution in [0.5, 0.6) is 5.75 Å². The van der Waals surface area contributed by atoms with Crippen molar-refractivity contribution in [2.75, 3.05) is 39.2 Å². The highest BCUT2D eigenvalue weighted by atomic mass is 16.5. The fourth-order valence-corrected chi connectivity index (χ4v) is 4.26. The molecule has 5 rings (SSSR count). The van der Waals surface area contributed by atoms with Gasteiger partial charge in [-0.15, -0.1) is 0 Å². The van der Waals surface area contributed by atoms with Gasteiger partial charge >= 0.3 is 0 Å². The molecule has 2 N–H and O–H groups in total. The molecule has 0 spiro atoms. The summed E-state index contributed by atoms with van der Waals surface area (Å²) in [6, 6.07) is 13.6. The van der Waals surface area contributed by atoms with Gasteiger partial charge < -0.3 is 24.8 Å². The van der Waals surface area contributed by atoms with Gasteiger partial charge in [0, 0.05) is 62.3 Å². The van der Waals surface area contributed by atoms with Crippen molar-refractivity contribution in [1.29, 1.82) is 0 Å². The van der Waals surface area contributed by atoms with Gasteiger partial charge in [0.2, 0.25) is 0 Å². The average molecular weight is 488 g/mol. The van der Waals surface area contributed by atoms with Crippen LogP contribution in [0.4, 0.5) is 11.5 Å². The minimum atomic E-state index is -0.0378. The number of rotatable bonds is 9. The molecule has 186 valence electrons. The normalized spacial score (nSPS) is 13.6. The third-order valence-corrected chi connectivity index (χ3v) is 6.41. The van der Waals surface area contributed by atoms with Crippen molar-refractivity contribution in [2.45, 2.75) is 19.1 Å². The van der Waals surface area contributed by atoms with E-state index in [2.05, 4.69) is 27.5 Å². The zero-order valence-electron chi connectivity index (χ0n) is 20.3. The van der Waals surface area contributed by atoms with Crippen LogP contribution in [0.15, 0.2) is 61.1 Å². The van der Waals surface area contributed by atoms with Crippen LogP contribution in [0.1, 0.15) is 16.8 Å². The van der Waals surface area contributed by atoms with E-state index >= 15 is 0 Å². The number of amides is 1. The van der Waals surface area contributed by atoms with Crippen LogP contribution in [0, 0.1) is 0 Å². The Morgan fingerprint density at radius 2 is 1.94 bits per heavy atom. The molecule has 0 unspecified atom stereocenters. The maximum absolute atomic E-state index is 12.7. The maximum Gasteiger partial charge on any atom is 0.254 e. The van der Waals surface area contributed by atoms with Crippen molar-refractivity contribution in [1.82, 2.24) is 19.7 Å². The van der Waals surface area contributed by atoms with Crippen molar-refractivity contribution in [2.24, 2.45) is 0 Å². The fraction of sp³-hybridized carbons (Fsp3) is 0.296. The quantitative estimate of drug-likeness (QED) is 0.371. The van der Waals surface area contributed by atoms with Gasteiger partial charge in [0.15, 0.2) is 0 Å². The molecule has 2 aromatic heterocycles. The van der Waals surface area contributed by atoms with Crippen molar-refractivity contribution in [3.05, 3.63) is 66.6 Å². The van der Waals surface area contributed by atoms with Gasteiger partial charge in [0.25, 0.3) is 5.91 Å². The van der Waals surface area contributed by atoms with Crippen molar-refractivity contribution < 1.29 is 19.4 Å². The molecule has 4 aromatic rings. The monoisotopic (exact) mass is 487 g/mol. The van der Waals surface area contributed by atoms with Gasteiger partial charge in [-0.1, -0.05) is 12.1 Å². The number of aryl methyl sites for hydroxylation is 1. The molecule has 1 fully saturated rings. The first-order chi connectivity index (χ1) is 17.6. The second-order valence-electron chi connectivity index (χ2n) is 8.81. The molecule has 0 bridgehead atoms. The smallest absolute Gasteiger partial charge is 0.254 e. The van der Waals surface area contributed by atoms with E-state index in [9.17, 15) is 4.79 Å². The standard InChI is InChI=1S/C27H29N5O4/c1-35-23-16-31(17-23)27(34)19-6-7-24(25(11-19)36-2)30-26-12-21-10-18(4-5-20(21)13-28-26)22-14-29-32(15-22)8-3-9-33/h4-7,10-15,23,33H,3,8-9,16-17H2,1-2H3,(H,28,30). The van der Waals surface area contributed by atoms with E-state index in [0.717, 1.165) is 27.6 Å². The molecular weight excluding hydrogens is 458 g/mol. The van der Waals surface area contributed by atoms with E-state index < -0.39 is 0 Å². The summed E-state index contributed by atoms with van der Waals surface area (Å²) in [7, 11) is 3.24.